The quantitative estimate of drug-likeness (QED) is 0.528. The van der Waals surface area contributed by atoms with Crippen LogP contribution in [-0.2, 0) is 58.6 Å². The van der Waals surface area contributed by atoms with Crippen LogP contribution in [0.25, 0.3) is 0 Å². The second-order valence-corrected chi connectivity index (χ2v) is 13.7. The maximum absolute atomic E-state index is 13.0. The highest BCUT2D eigenvalue weighted by molar-refractivity contribution is 8.17. The summed E-state index contributed by atoms with van der Waals surface area (Å²) in [6.45, 7) is 8.51. The lowest BCUT2D eigenvalue weighted by Gasteiger charge is -2.21. The number of ether oxygens (including phenoxy) is 1. The third-order valence-corrected chi connectivity index (χ3v) is 9.69. The number of hydrogen-bond donors (Lipinski definition) is 3. The Bertz CT molecular complexity index is 1190. The van der Waals surface area contributed by atoms with Crippen LogP contribution < -0.4 is 10.0 Å². The Kier molecular flexibility index (Phi) is 7.55. The lowest BCUT2D eigenvalue weighted by Crippen LogP contribution is -2.37. The number of carbonyl (C=O) groups is 2. The van der Waals surface area contributed by atoms with Gasteiger partial charge in [0.25, 0.3) is 0 Å². The molecule has 36 heavy (non-hydrogen) atoms. The van der Waals surface area contributed by atoms with Crippen LogP contribution >= 0.6 is 0 Å². The fourth-order valence-corrected chi connectivity index (χ4v) is 7.63. The molecule has 2 atom stereocenters. The van der Waals surface area contributed by atoms with E-state index in [1.54, 1.807) is 20.8 Å². The third-order valence-electron chi connectivity index (χ3n) is 6.13. The molecule has 0 saturated heterocycles. The molecule has 0 aromatic heterocycles. The molecule has 11 heteroatoms. The molecule has 0 radical (unpaired) electrons. The molecule has 9 nitrogen and oxygen atoms in total. The molecule has 196 valence electrons. The molecule has 1 heterocycles. The van der Waals surface area contributed by atoms with Gasteiger partial charge < -0.3 is 15.2 Å². The van der Waals surface area contributed by atoms with Crippen LogP contribution in [0, 0.1) is 0 Å². The molecule has 2 aliphatic carbocycles. The summed E-state index contributed by atoms with van der Waals surface area (Å²) < 4.78 is 24.7. The van der Waals surface area contributed by atoms with Crippen LogP contribution in [0.5, 0.6) is 0 Å². The number of urea groups is 1. The molecule has 1 aromatic carbocycles. The van der Waals surface area contributed by atoms with Gasteiger partial charge in [-0.15, -0.1) is 0 Å². The van der Waals surface area contributed by atoms with Crippen molar-refractivity contribution in [1.82, 2.24) is 10.0 Å². The van der Waals surface area contributed by atoms with E-state index in [4.69, 9.17) is 4.74 Å². The topological polar surface area (TPSA) is 129 Å². The fraction of sp³-hybridized carbons (Fsp3) is 0.560. The average molecular weight is 535 g/mol. The molecule has 4 rings (SSSR count). The van der Waals surface area contributed by atoms with Crippen molar-refractivity contribution in [3.05, 3.63) is 44.3 Å². The van der Waals surface area contributed by atoms with Gasteiger partial charge in [0, 0.05) is 17.2 Å². The Morgan fingerprint density at radius 2 is 1.72 bits per heavy atom. The largest absolute Gasteiger partial charge is 0.443 e. The lowest BCUT2D eigenvalue weighted by atomic mass is 9.94. The Balaban J connectivity index is 1.53. The number of hydrogen-bond acceptors (Lipinski definition) is 6. The number of amides is 3. The van der Waals surface area contributed by atoms with Crippen LogP contribution in [0.15, 0.2) is 25.9 Å². The minimum Gasteiger partial charge on any atom is -0.443 e. The smallest absolute Gasteiger partial charge is 0.419 e. The van der Waals surface area contributed by atoms with Gasteiger partial charge >= 0.3 is 12.1 Å². The van der Waals surface area contributed by atoms with Gasteiger partial charge in [-0.25, -0.2) is 23.5 Å². The number of aryl methyl sites for hydroxylation is 2. The number of carbonyl (C=O) groups excluding carboxylic acids is 2. The van der Waals surface area contributed by atoms with Crippen LogP contribution in [0.4, 0.5) is 9.59 Å². The monoisotopic (exact) mass is 534 g/mol. The van der Waals surface area contributed by atoms with Gasteiger partial charge in [-0.05, 0) is 101 Å². The lowest BCUT2D eigenvalue weighted by molar-refractivity contribution is 0.0572. The predicted molar refractivity (Wildman–Crippen MR) is 142 cm³/mol. The second-order valence-electron chi connectivity index (χ2n) is 10.7. The standard InChI is InChI=1S/C25H34N4O5S2/c1-24(2,3)34-23(31)29-36(33)20-14-26-21(25(4,5)32)35(20)28-22(30)27-13-19-17-10-6-8-15(17)12-16-9-7-11-18(16)19/h12,14,32H,6-11,13H2,1-5H3,(H,27,30)(H,29,31). The van der Waals surface area contributed by atoms with E-state index in [1.807, 2.05) is 0 Å². The summed E-state index contributed by atoms with van der Waals surface area (Å²) in [6, 6.07) is 1.76. The summed E-state index contributed by atoms with van der Waals surface area (Å²) in [6.07, 6.45) is 6.88. The molecule has 0 bridgehead atoms. The van der Waals surface area contributed by atoms with Crippen molar-refractivity contribution >= 4 is 38.8 Å². The normalized spacial score (nSPS) is 19.9. The first-order valence-corrected chi connectivity index (χ1v) is 14.5. The van der Waals surface area contributed by atoms with Crippen molar-refractivity contribution < 1.29 is 23.6 Å². The van der Waals surface area contributed by atoms with Crippen LogP contribution in [0.2, 0.25) is 0 Å². The van der Waals surface area contributed by atoms with Crippen molar-refractivity contribution in [3.8, 4) is 0 Å². The highest BCUT2D eigenvalue weighted by Gasteiger charge is 2.35. The molecule has 2 unspecified atom stereocenters. The summed E-state index contributed by atoms with van der Waals surface area (Å²) >= 11 is 0. The predicted octanol–water partition coefficient (Wildman–Crippen LogP) is 3.85. The summed E-state index contributed by atoms with van der Waals surface area (Å²) in [7, 11) is -3.48. The molecule has 1 aromatic rings. The number of aliphatic hydroxyl groups is 1. The maximum atomic E-state index is 13.0. The van der Waals surface area contributed by atoms with E-state index < -0.39 is 45.0 Å². The highest BCUT2D eigenvalue weighted by Crippen LogP contribution is 2.35. The number of rotatable bonds is 5. The molecule has 3 amide bonds. The number of nitrogens with one attached hydrogen (secondary N) is 2. The zero-order chi connectivity index (χ0) is 26.3. The molecule has 0 fully saturated rings. The summed E-state index contributed by atoms with van der Waals surface area (Å²) in [5.74, 6) is 0. The van der Waals surface area contributed by atoms with Gasteiger partial charge in [-0.2, -0.15) is 4.36 Å². The molecular weight excluding hydrogens is 500 g/mol. The van der Waals surface area contributed by atoms with Crippen molar-refractivity contribution in [2.24, 2.45) is 9.36 Å². The van der Waals surface area contributed by atoms with E-state index in [9.17, 15) is 18.9 Å². The zero-order valence-electron chi connectivity index (χ0n) is 21.4. The van der Waals surface area contributed by atoms with E-state index >= 15 is 0 Å². The van der Waals surface area contributed by atoms with Gasteiger partial charge in [0.1, 0.15) is 20.5 Å². The number of aliphatic imine (C=N–C) groups is 1. The van der Waals surface area contributed by atoms with Gasteiger partial charge in [-0.3, -0.25) is 0 Å². The van der Waals surface area contributed by atoms with E-state index in [2.05, 4.69) is 25.5 Å². The van der Waals surface area contributed by atoms with Gasteiger partial charge in [0.2, 0.25) is 0 Å². The van der Waals surface area contributed by atoms with Gasteiger partial charge in [-0.1, -0.05) is 6.07 Å². The first-order valence-electron chi connectivity index (χ1n) is 12.1. The molecule has 3 aliphatic rings. The van der Waals surface area contributed by atoms with Crippen molar-refractivity contribution in [2.45, 2.75) is 90.9 Å². The van der Waals surface area contributed by atoms with Crippen LogP contribution in [0.1, 0.15) is 75.3 Å². The van der Waals surface area contributed by atoms with Crippen molar-refractivity contribution in [2.75, 3.05) is 0 Å². The van der Waals surface area contributed by atoms with E-state index in [-0.39, 0.29) is 9.28 Å². The van der Waals surface area contributed by atoms with E-state index in [0.29, 0.717) is 6.54 Å². The first-order chi connectivity index (χ1) is 16.8. The number of fused-ring (bicyclic) bond motifs is 2. The summed E-state index contributed by atoms with van der Waals surface area (Å²) in [4.78, 5) is 29.3. The zero-order valence-corrected chi connectivity index (χ0v) is 23.0. The number of benzene rings is 1. The highest BCUT2D eigenvalue weighted by atomic mass is 32.2. The van der Waals surface area contributed by atoms with Gasteiger partial charge in [0.05, 0.1) is 6.20 Å². The molecule has 0 saturated carbocycles. The minimum atomic E-state index is -2.05. The average Bonchev–Trinajstić information content (AvgIpc) is 3.48. The first kappa shape index (κ1) is 26.7. The number of nitrogens with zero attached hydrogens (tertiary/aromatic N) is 2. The summed E-state index contributed by atoms with van der Waals surface area (Å²) in [5.41, 5.74) is 4.51. The Hall–Kier alpha value is -2.37. The Labute approximate surface area is 216 Å². The minimum absolute atomic E-state index is 0.120. The SMILES string of the molecule is CC(C)(C)OC(=O)NS(=O)C1=CN=C(C(C)(C)O)/S1=N/C(=O)NCc1c2c(cc3c1CCC3)CCC2. The molecule has 0 spiro atoms. The fourth-order valence-electron chi connectivity index (χ4n) is 4.76. The molecule has 1 aliphatic heterocycles. The molecule has 3 N–H and O–H groups in total. The van der Waals surface area contributed by atoms with Crippen LogP contribution in [-0.4, -0.2) is 37.7 Å². The van der Waals surface area contributed by atoms with Gasteiger partial charge in [0.15, 0.2) is 11.0 Å². The maximum Gasteiger partial charge on any atom is 0.419 e. The summed E-state index contributed by atoms with van der Waals surface area (Å²) in [5, 5.41) is 13.7. The van der Waals surface area contributed by atoms with Crippen molar-refractivity contribution in [1.29, 1.82) is 0 Å². The molecular formula is C25H34N4O5S2. The van der Waals surface area contributed by atoms with Crippen LogP contribution in [0.3, 0.4) is 0 Å². The Morgan fingerprint density at radius 1 is 1.11 bits per heavy atom. The van der Waals surface area contributed by atoms with E-state index in [1.165, 1.54) is 47.9 Å². The van der Waals surface area contributed by atoms with Crippen molar-refractivity contribution in [3.63, 3.8) is 0 Å². The Morgan fingerprint density at radius 3 is 2.28 bits per heavy atom. The third kappa shape index (κ3) is 5.95. The second kappa shape index (κ2) is 10.2. The van der Waals surface area contributed by atoms with E-state index in [0.717, 1.165) is 38.5 Å².